The first-order valence-corrected chi connectivity index (χ1v) is 13.5. The van der Waals surface area contributed by atoms with Crippen molar-refractivity contribution < 1.29 is 16.9 Å². The Labute approximate surface area is 215 Å². The Morgan fingerprint density at radius 2 is 2.03 bits per heavy atom. The largest absolute Gasteiger partial charge is 0.348 e. The number of benzene rings is 1. The van der Waals surface area contributed by atoms with Crippen molar-refractivity contribution in [2.75, 3.05) is 25.4 Å². The van der Waals surface area contributed by atoms with E-state index in [0.717, 1.165) is 27.9 Å². The van der Waals surface area contributed by atoms with Crippen LogP contribution < -0.4 is 10.6 Å². The van der Waals surface area contributed by atoms with E-state index in [1.54, 1.807) is 17.1 Å². The van der Waals surface area contributed by atoms with Gasteiger partial charge in [-0.1, -0.05) is 12.1 Å². The Kier molecular flexibility index (Phi) is 5.82. The van der Waals surface area contributed by atoms with Crippen LogP contribution >= 0.6 is 0 Å². The van der Waals surface area contributed by atoms with Crippen molar-refractivity contribution in [1.29, 1.82) is 0 Å². The normalized spacial score (nSPS) is 22.6. The molecule has 11 heteroatoms. The lowest BCUT2D eigenvalue weighted by molar-refractivity contribution is 0.185. The minimum atomic E-state index is -3.40. The maximum Gasteiger partial charge on any atom is 0.223 e. The third-order valence-electron chi connectivity index (χ3n) is 6.75. The fraction of sp³-hybridized carbons (Fsp3) is 0.480. The third kappa shape index (κ3) is 5.00. The van der Waals surface area contributed by atoms with Crippen LogP contribution in [-0.2, 0) is 16.6 Å². The SMILES string of the molecule is [2H]C([2H])([2H])NCc1ccc(-n2cc(-c3nc(N[C@H]4CCN(S(=O)(=O)C5CC5)C[C@H]4F)ncc3C)cn2)c(C)c1. The second-order valence-corrected chi connectivity index (χ2v) is 11.7. The highest BCUT2D eigenvalue weighted by molar-refractivity contribution is 7.90. The Morgan fingerprint density at radius 3 is 2.75 bits per heavy atom. The smallest absolute Gasteiger partial charge is 0.223 e. The van der Waals surface area contributed by atoms with Crippen LogP contribution in [0.2, 0.25) is 0 Å². The molecule has 1 saturated carbocycles. The number of hydrogen-bond donors (Lipinski definition) is 2. The highest BCUT2D eigenvalue weighted by Gasteiger charge is 2.43. The summed E-state index contributed by atoms with van der Waals surface area (Å²) in [6.07, 6.45) is 5.48. The zero-order valence-corrected chi connectivity index (χ0v) is 21.1. The van der Waals surface area contributed by atoms with Gasteiger partial charge in [-0.15, -0.1) is 0 Å². The molecule has 0 spiro atoms. The molecule has 2 fully saturated rings. The van der Waals surface area contributed by atoms with E-state index in [4.69, 9.17) is 4.11 Å². The number of nitrogens with one attached hydrogen (secondary N) is 2. The van der Waals surface area contributed by atoms with Gasteiger partial charge in [-0.3, -0.25) is 0 Å². The first-order valence-electron chi connectivity index (χ1n) is 13.5. The summed E-state index contributed by atoms with van der Waals surface area (Å²) in [5.74, 6) is 0.275. The summed E-state index contributed by atoms with van der Waals surface area (Å²) in [5.41, 5.74) is 4.86. The summed E-state index contributed by atoms with van der Waals surface area (Å²) in [7, 11) is -3.40. The minimum Gasteiger partial charge on any atom is -0.348 e. The first kappa shape index (κ1) is 21.2. The number of sulfonamides is 1. The molecule has 2 N–H and O–H groups in total. The van der Waals surface area contributed by atoms with Crippen molar-refractivity contribution in [3.05, 3.63) is 53.5 Å². The Hall–Kier alpha value is -2.89. The van der Waals surface area contributed by atoms with Crippen molar-refractivity contribution in [3.8, 4) is 16.9 Å². The minimum absolute atomic E-state index is 0.160. The highest BCUT2D eigenvalue weighted by atomic mass is 32.2. The van der Waals surface area contributed by atoms with Crippen LogP contribution in [0.15, 0.2) is 36.8 Å². The van der Waals surface area contributed by atoms with Gasteiger partial charge in [-0.2, -0.15) is 9.40 Å². The molecule has 0 bridgehead atoms. The molecule has 0 amide bonds. The number of halogens is 1. The van der Waals surface area contributed by atoms with Crippen LogP contribution in [0.5, 0.6) is 0 Å². The van der Waals surface area contributed by atoms with E-state index in [9.17, 15) is 12.8 Å². The van der Waals surface area contributed by atoms with Crippen molar-refractivity contribution >= 4 is 16.0 Å². The van der Waals surface area contributed by atoms with Crippen LogP contribution in [0.4, 0.5) is 10.3 Å². The van der Waals surface area contributed by atoms with Crippen molar-refractivity contribution in [2.45, 2.75) is 57.1 Å². The van der Waals surface area contributed by atoms with E-state index >= 15 is 0 Å². The molecule has 3 aromatic rings. The topological polar surface area (TPSA) is 105 Å². The molecule has 1 saturated heterocycles. The average molecular weight is 517 g/mol. The molecule has 2 aliphatic rings. The molecular formula is C25H32FN7O2S. The highest BCUT2D eigenvalue weighted by Crippen LogP contribution is 2.33. The van der Waals surface area contributed by atoms with Crippen molar-refractivity contribution in [2.24, 2.45) is 0 Å². The number of aromatic nitrogens is 4. The first-order chi connectivity index (χ1) is 18.4. The van der Waals surface area contributed by atoms with Crippen LogP contribution in [0.25, 0.3) is 16.9 Å². The molecule has 0 unspecified atom stereocenters. The third-order valence-corrected chi connectivity index (χ3v) is 9.12. The predicted molar refractivity (Wildman–Crippen MR) is 137 cm³/mol. The molecule has 192 valence electrons. The van der Waals surface area contributed by atoms with Gasteiger partial charge in [-0.25, -0.2) is 27.5 Å². The number of alkyl halides is 1. The van der Waals surface area contributed by atoms with Crippen molar-refractivity contribution in [3.63, 3.8) is 0 Å². The molecule has 2 aromatic heterocycles. The number of piperidine rings is 1. The summed E-state index contributed by atoms with van der Waals surface area (Å²) >= 11 is 0. The summed E-state index contributed by atoms with van der Waals surface area (Å²) in [6, 6.07) is 5.08. The van der Waals surface area contributed by atoms with Crippen LogP contribution in [0.1, 0.15) is 40.1 Å². The zero-order valence-electron chi connectivity index (χ0n) is 23.3. The lowest BCUT2D eigenvalue weighted by Crippen LogP contribution is -2.50. The Balaban J connectivity index is 1.28. The average Bonchev–Trinajstić information content (AvgIpc) is 3.63. The Morgan fingerprint density at radius 1 is 1.19 bits per heavy atom. The van der Waals surface area contributed by atoms with E-state index in [-0.39, 0.29) is 30.8 Å². The summed E-state index contributed by atoms with van der Waals surface area (Å²) in [4.78, 5) is 8.96. The lowest BCUT2D eigenvalue weighted by Gasteiger charge is -2.34. The van der Waals surface area contributed by atoms with Gasteiger partial charge in [0.25, 0.3) is 0 Å². The van der Waals surface area contributed by atoms with Crippen LogP contribution in [0, 0.1) is 13.8 Å². The standard InChI is InChI=1S/C25H32FN7O2S/c1-16-10-18(12-27-3)4-7-23(16)33-14-19(13-29-33)24-17(2)11-28-25(31-24)30-22-8-9-32(15-21(22)26)36(34,35)20-5-6-20/h4,7,10-11,13-14,20-22,27H,5-6,8-9,12,15H2,1-3H3,(H,28,30,31)/t21-,22+/m1/s1/i3D3. The Bertz CT molecular complexity index is 1460. The molecule has 1 aliphatic carbocycles. The number of aryl methyl sites for hydroxylation is 2. The maximum absolute atomic E-state index is 15.0. The van der Waals surface area contributed by atoms with Gasteiger partial charge in [0.2, 0.25) is 16.0 Å². The number of rotatable bonds is 8. The van der Waals surface area contributed by atoms with E-state index in [1.165, 1.54) is 4.31 Å². The van der Waals surface area contributed by atoms with Gasteiger partial charge in [0.1, 0.15) is 6.17 Å². The second kappa shape index (κ2) is 9.87. The summed E-state index contributed by atoms with van der Waals surface area (Å²) in [6.45, 7) is 1.95. The summed E-state index contributed by atoms with van der Waals surface area (Å²) in [5, 5.41) is 9.73. The van der Waals surface area contributed by atoms with E-state index in [2.05, 4.69) is 25.7 Å². The zero-order chi connectivity index (χ0) is 27.9. The predicted octanol–water partition coefficient (Wildman–Crippen LogP) is 2.98. The van der Waals surface area contributed by atoms with Crippen molar-refractivity contribution in [1.82, 2.24) is 29.4 Å². The quantitative estimate of drug-likeness (QED) is 0.474. The van der Waals surface area contributed by atoms with Gasteiger partial charge in [-0.05, 0) is 62.8 Å². The van der Waals surface area contributed by atoms with Crippen LogP contribution in [0.3, 0.4) is 0 Å². The monoisotopic (exact) mass is 516 g/mol. The van der Waals surface area contributed by atoms with E-state index < -0.39 is 29.2 Å². The molecule has 1 aromatic carbocycles. The number of hydrogen-bond acceptors (Lipinski definition) is 7. The second-order valence-electron chi connectivity index (χ2n) is 9.53. The van der Waals surface area contributed by atoms with Gasteiger partial charge >= 0.3 is 0 Å². The van der Waals surface area contributed by atoms with Gasteiger partial charge in [0.15, 0.2) is 0 Å². The van der Waals surface area contributed by atoms with Gasteiger partial charge in [0.05, 0.1) is 28.9 Å². The van der Waals surface area contributed by atoms with Gasteiger partial charge < -0.3 is 10.6 Å². The van der Waals surface area contributed by atoms with E-state index in [1.807, 2.05) is 38.2 Å². The lowest BCUT2D eigenvalue weighted by atomic mass is 10.1. The molecule has 9 nitrogen and oxygen atoms in total. The maximum atomic E-state index is 15.0. The number of nitrogens with zero attached hydrogens (tertiary/aromatic N) is 5. The number of anilines is 1. The van der Waals surface area contributed by atoms with Gasteiger partial charge in [0, 0.05) is 41.7 Å². The molecule has 1 aliphatic heterocycles. The molecule has 0 radical (unpaired) electrons. The van der Waals surface area contributed by atoms with E-state index in [0.29, 0.717) is 25.0 Å². The molecular weight excluding hydrogens is 481 g/mol. The molecule has 36 heavy (non-hydrogen) atoms. The summed E-state index contributed by atoms with van der Waals surface area (Å²) < 4.78 is 64.9. The molecule has 5 rings (SSSR count). The molecule has 2 atom stereocenters. The molecule has 3 heterocycles. The van der Waals surface area contributed by atoms with Crippen LogP contribution in [-0.4, -0.2) is 70.0 Å². The fourth-order valence-electron chi connectivity index (χ4n) is 4.58. The fourth-order valence-corrected chi connectivity index (χ4v) is 6.44.